The normalized spacial score (nSPS) is 22.7. The summed E-state index contributed by atoms with van der Waals surface area (Å²) in [5, 5.41) is 10.2. The lowest BCUT2D eigenvalue weighted by Gasteiger charge is -2.34. The second-order valence-electron chi connectivity index (χ2n) is 10.1. The first kappa shape index (κ1) is 22.7. The number of esters is 1. The number of aliphatic hydroxyl groups excluding tert-OH is 1. The van der Waals surface area contributed by atoms with Crippen molar-refractivity contribution in [3.63, 3.8) is 0 Å². The van der Waals surface area contributed by atoms with Crippen LogP contribution in [0.3, 0.4) is 0 Å². The molecule has 1 unspecified atom stereocenters. The van der Waals surface area contributed by atoms with Crippen LogP contribution in [0.25, 0.3) is 0 Å². The minimum atomic E-state index is -0.653. The number of benzene rings is 2. The molecule has 0 amide bonds. The molecule has 0 spiro atoms. The number of fused-ring (bicyclic) bond motifs is 1. The van der Waals surface area contributed by atoms with Gasteiger partial charge in [-0.2, -0.15) is 0 Å². The molecule has 1 fully saturated rings. The van der Waals surface area contributed by atoms with Gasteiger partial charge in [-0.1, -0.05) is 37.3 Å². The van der Waals surface area contributed by atoms with Crippen molar-refractivity contribution < 1.29 is 19.4 Å². The number of carbonyl (C=O) groups is 1. The molecule has 4 rings (SSSR count). The van der Waals surface area contributed by atoms with Gasteiger partial charge in [-0.3, -0.25) is 4.79 Å². The maximum Gasteiger partial charge on any atom is 0.308 e. The highest BCUT2D eigenvalue weighted by molar-refractivity contribution is 5.73. The van der Waals surface area contributed by atoms with Crippen LogP contribution in [0, 0.1) is 13.8 Å². The lowest BCUT2D eigenvalue weighted by Crippen LogP contribution is -2.36. The summed E-state index contributed by atoms with van der Waals surface area (Å²) in [6.07, 6.45) is 0.348. The molecular weight excluding hydrogens is 402 g/mol. The number of hydrogen-bond donors (Lipinski definition) is 1. The van der Waals surface area contributed by atoms with Crippen molar-refractivity contribution in [1.82, 2.24) is 0 Å². The van der Waals surface area contributed by atoms with Crippen molar-refractivity contribution in [1.29, 1.82) is 0 Å². The Balaban J connectivity index is 1.80. The van der Waals surface area contributed by atoms with Gasteiger partial charge in [-0.15, -0.1) is 0 Å². The lowest BCUT2D eigenvalue weighted by atomic mass is 9.82. The van der Waals surface area contributed by atoms with Gasteiger partial charge < -0.3 is 19.5 Å². The van der Waals surface area contributed by atoms with Crippen LogP contribution >= 0.6 is 0 Å². The molecule has 0 bridgehead atoms. The molecule has 2 aliphatic heterocycles. The largest absolute Gasteiger partial charge is 0.487 e. The summed E-state index contributed by atoms with van der Waals surface area (Å²) >= 11 is 0. The molecule has 2 aromatic rings. The number of carbonyl (C=O) groups excluding carboxylic acids is 1. The van der Waals surface area contributed by atoms with Crippen LogP contribution < -0.4 is 9.64 Å². The van der Waals surface area contributed by atoms with Crippen LogP contribution in [-0.4, -0.2) is 35.9 Å². The Labute approximate surface area is 191 Å². The van der Waals surface area contributed by atoms with Crippen LogP contribution in [0.15, 0.2) is 30.3 Å². The van der Waals surface area contributed by atoms with E-state index in [0.29, 0.717) is 6.42 Å². The van der Waals surface area contributed by atoms with Gasteiger partial charge in [0.15, 0.2) is 0 Å². The number of cyclic esters (lactones) is 1. The molecule has 0 aliphatic carbocycles. The second kappa shape index (κ2) is 8.43. The van der Waals surface area contributed by atoms with Gasteiger partial charge in [0.05, 0.1) is 12.5 Å². The zero-order valence-corrected chi connectivity index (χ0v) is 20.1. The predicted octanol–water partition coefficient (Wildman–Crippen LogP) is 4.82. The summed E-state index contributed by atoms with van der Waals surface area (Å²) in [6, 6.07) is 10.5. The minimum Gasteiger partial charge on any atom is -0.487 e. The first-order valence-electron chi connectivity index (χ1n) is 11.5. The Morgan fingerprint density at radius 3 is 2.53 bits per heavy atom. The number of anilines is 1. The molecule has 1 N–H and O–H groups in total. The summed E-state index contributed by atoms with van der Waals surface area (Å²) in [4.78, 5) is 14.4. The molecule has 5 nitrogen and oxygen atoms in total. The van der Waals surface area contributed by atoms with Crippen molar-refractivity contribution in [3.8, 4) is 5.75 Å². The van der Waals surface area contributed by atoms with E-state index >= 15 is 0 Å². The minimum absolute atomic E-state index is 0.0722. The third kappa shape index (κ3) is 4.23. The van der Waals surface area contributed by atoms with Crippen LogP contribution in [0.2, 0.25) is 0 Å². The van der Waals surface area contributed by atoms with E-state index in [1.54, 1.807) is 0 Å². The Morgan fingerprint density at radius 1 is 1.19 bits per heavy atom. The predicted molar refractivity (Wildman–Crippen MR) is 126 cm³/mol. The second-order valence-corrected chi connectivity index (χ2v) is 10.1. The van der Waals surface area contributed by atoms with Crippen LogP contribution in [-0.2, 0) is 22.5 Å². The van der Waals surface area contributed by atoms with Gasteiger partial charge in [0.1, 0.15) is 17.5 Å². The number of aliphatic hydroxyl groups is 1. The van der Waals surface area contributed by atoms with Gasteiger partial charge in [0.2, 0.25) is 0 Å². The van der Waals surface area contributed by atoms with Crippen molar-refractivity contribution in [2.24, 2.45) is 0 Å². The average Bonchev–Trinajstić information content (AvgIpc) is 3.03. The zero-order chi connectivity index (χ0) is 23.2. The molecule has 172 valence electrons. The van der Waals surface area contributed by atoms with E-state index in [2.05, 4.69) is 70.8 Å². The number of hydrogen-bond acceptors (Lipinski definition) is 5. The van der Waals surface area contributed by atoms with Gasteiger partial charge in [0, 0.05) is 49.2 Å². The number of nitrogens with zero attached hydrogens (tertiary/aromatic N) is 1. The van der Waals surface area contributed by atoms with Crippen molar-refractivity contribution >= 4 is 11.7 Å². The molecule has 0 saturated carbocycles. The zero-order valence-electron chi connectivity index (χ0n) is 20.1. The van der Waals surface area contributed by atoms with E-state index in [4.69, 9.17) is 9.47 Å². The number of rotatable bonds is 5. The maximum absolute atomic E-state index is 12.1. The van der Waals surface area contributed by atoms with Gasteiger partial charge in [-0.05, 0) is 44.4 Å². The number of ether oxygens (including phenoxy) is 2. The first-order valence-corrected chi connectivity index (χ1v) is 11.5. The summed E-state index contributed by atoms with van der Waals surface area (Å²) < 4.78 is 12.2. The van der Waals surface area contributed by atoms with Crippen LogP contribution in [0.1, 0.15) is 67.3 Å². The molecule has 3 atom stereocenters. The fourth-order valence-electron chi connectivity index (χ4n) is 5.48. The molecule has 2 heterocycles. The molecule has 0 aromatic heterocycles. The Morgan fingerprint density at radius 2 is 1.88 bits per heavy atom. The summed E-state index contributed by atoms with van der Waals surface area (Å²) in [5.74, 6) is 0.524. The van der Waals surface area contributed by atoms with Gasteiger partial charge in [-0.25, -0.2) is 0 Å². The van der Waals surface area contributed by atoms with E-state index in [-0.39, 0.29) is 30.0 Å². The highest BCUT2D eigenvalue weighted by atomic mass is 16.5. The fraction of sp³-hybridized carbons (Fsp3) is 0.519. The Bertz CT molecular complexity index is 1010. The first-order chi connectivity index (χ1) is 15.1. The van der Waals surface area contributed by atoms with E-state index in [9.17, 15) is 9.90 Å². The quantitative estimate of drug-likeness (QED) is 0.680. The van der Waals surface area contributed by atoms with E-state index in [1.807, 2.05) is 6.07 Å². The van der Waals surface area contributed by atoms with Gasteiger partial charge >= 0.3 is 5.97 Å². The summed E-state index contributed by atoms with van der Waals surface area (Å²) in [7, 11) is 2.13. The fourth-order valence-corrected chi connectivity index (χ4v) is 5.48. The third-order valence-corrected chi connectivity index (χ3v) is 6.91. The van der Waals surface area contributed by atoms with Crippen LogP contribution in [0.4, 0.5) is 5.69 Å². The van der Waals surface area contributed by atoms with Crippen molar-refractivity contribution in [2.45, 2.75) is 84.2 Å². The molecule has 32 heavy (non-hydrogen) atoms. The SMILES string of the molecule is Cc1c2c(c(C(C)[C@@H]3C[C@@H](O)CC(=O)O3)c(C)c1N(C)Cc1ccccc1)OC(C)(C)C2. The van der Waals surface area contributed by atoms with Crippen molar-refractivity contribution in [2.75, 3.05) is 11.9 Å². The smallest absolute Gasteiger partial charge is 0.308 e. The molecule has 2 aromatic carbocycles. The molecule has 1 saturated heterocycles. The standard InChI is InChI=1S/C27H35NO4/c1-16-21-14-27(4,5)32-26(21)24(17(2)22-12-20(29)13-23(30)31-22)18(3)25(16)28(6)15-19-10-8-7-9-11-19/h7-11,17,20,22,29H,12-15H2,1-6H3/t17?,20-,22+/m1/s1. The maximum atomic E-state index is 12.1. The van der Waals surface area contributed by atoms with E-state index in [0.717, 1.165) is 29.8 Å². The topological polar surface area (TPSA) is 59.0 Å². The molecule has 0 radical (unpaired) electrons. The highest BCUT2D eigenvalue weighted by Gasteiger charge is 2.40. The third-order valence-electron chi connectivity index (χ3n) is 6.91. The monoisotopic (exact) mass is 437 g/mol. The lowest BCUT2D eigenvalue weighted by molar-refractivity contribution is -0.161. The average molecular weight is 438 g/mol. The molecule has 2 aliphatic rings. The van der Waals surface area contributed by atoms with E-state index in [1.165, 1.54) is 22.4 Å². The highest BCUT2D eigenvalue weighted by Crippen LogP contribution is 2.49. The van der Waals surface area contributed by atoms with Gasteiger partial charge in [0.25, 0.3) is 0 Å². The van der Waals surface area contributed by atoms with Crippen molar-refractivity contribution in [3.05, 3.63) is 58.1 Å². The molecular formula is C27H35NO4. The van der Waals surface area contributed by atoms with E-state index < -0.39 is 6.10 Å². The summed E-state index contributed by atoms with van der Waals surface area (Å²) in [5.41, 5.74) is 6.91. The summed E-state index contributed by atoms with van der Waals surface area (Å²) in [6.45, 7) is 11.5. The van der Waals surface area contributed by atoms with Crippen LogP contribution in [0.5, 0.6) is 5.75 Å². The molecule has 5 heteroatoms. The Kier molecular flexibility index (Phi) is 5.97. The Hall–Kier alpha value is -2.53.